The van der Waals surface area contributed by atoms with Crippen LogP contribution in [0.1, 0.15) is 18.2 Å². The van der Waals surface area contributed by atoms with Gasteiger partial charge >= 0.3 is 5.69 Å². The number of nitrogens with zero attached hydrogens (tertiary/aromatic N) is 1. The van der Waals surface area contributed by atoms with Gasteiger partial charge in [0, 0.05) is 24.4 Å². The fourth-order valence-corrected chi connectivity index (χ4v) is 8.70. The normalized spacial score (nSPS) is 33.4. The lowest BCUT2D eigenvalue weighted by molar-refractivity contribution is -0.210. The topological polar surface area (TPSA) is 160 Å². The van der Waals surface area contributed by atoms with Crippen LogP contribution in [-0.2, 0) is 23.6 Å². The predicted molar refractivity (Wildman–Crippen MR) is 101 cm³/mol. The van der Waals surface area contributed by atoms with E-state index in [1.54, 1.807) is 0 Å². The maximum Gasteiger partial charge on any atom is 0.330 e. The summed E-state index contributed by atoms with van der Waals surface area (Å²) in [7, 11) is -6.81. The molecular weight excluding hydrogens is 435 g/mol. The summed E-state index contributed by atoms with van der Waals surface area (Å²) in [6.07, 6.45) is -0.170. The van der Waals surface area contributed by atoms with Crippen molar-refractivity contribution in [3.63, 3.8) is 0 Å². The van der Waals surface area contributed by atoms with Gasteiger partial charge in [-0.15, -0.1) is 0 Å². The first-order chi connectivity index (χ1) is 13.0. The van der Waals surface area contributed by atoms with Crippen molar-refractivity contribution in [2.45, 2.75) is 37.0 Å². The summed E-state index contributed by atoms with van der Waals surface area (Å²) >= 11 is 0.827. The highest BCUT2D eigenvalue weighted by molar-refractivity contribution is 8.57. The van der Waals surface area contributed by atoms with Crippen LogP contribution in [-0.4, -0.2) is 65.8 Å². The number of rotatable bonds is 6. The van der Waals surface area contributed by atoms with Gasteiger partial charge in [0.15, 0.2) is 0 Å². The van der Waals surface area contributed by atoms with Crippen molar-refractivity contribution in [1.82, 2.24) is 9.55 Å². The van der Waals surface area contributed by atoms with Crippen LogP contribution in [0.5, 0.6) is 0 Å². The largest absolute Gasteiger partial charge is 0.622 e. The van der Waals surface area contributed by atoms with Crippen molar-refractivity contribution >= 4 is 28.4 Å². The minimum atomic E-state index is -3.56. The highest BCUT2D eigenvalue weighted by Crippen LogP contribution is 2.70. The van der Waals surface area contributed by atoms with Crippen LogP contribution < -0.4 is 16.1 Å². The fourth-order valence-electron chi connectivity index (χ4n) is 2.90. The average molecular weight is 456 g/mol. The van der Waals surface area contributed by atoms with Gasteiger partial charge in [0.25, 0.3) is 12.7 Å². The van der Waals surface area contributed by atoms with E-state index in [9.17, 15) is 28.0 Å². The SMILES string of the molecule is Cc1cn([C@H]2C[C@H](O)[C@@H](CO[P+]3([O-])OCC(CS(C)(=O)=O)S3)O2)c(=O)[nH]c1=O. The van der Waals surface area contributed by atoms with Crippen LogP contribution >= 0.6 is 18.5 Å². The molecule has 0 radical (unpaired) electrons. The molecule has 3 heterocycles. The second-order valence-corrected chi connectivity index (χ2v) is 13.2. The Labute approximate surface area is 165 Å². The molecule has 2 fully saturated rings. The van der Waals surface area contributed by atoms with E-state index in [1.807, 2.05) is 0 Å². The fraction of sp³-hybridized carbons (Fsp3) is 0.714. The number of nitrogens with one attached hydrogen (secondary N) is 1. The summed E-state index contributed by atoms with van der Waals surface area (Å²) in [5.74, 6) is -0.176. The van der Waals surface area contributed by atoms with Crippen molar-refractivity contribution in [3.05, 3.63) is 32.6 Å². The number of aliphatic hydroxyl groups is 1. The molecule has 0 bridgehead atoms. The Balaban J connectivity index is 1.60. The molecule has 2 aliphatic heterocycles. The summed E-state index contributed by atoms with van der Waals surface area (Å²) < 4.78 is 40.0. The highest BCUT2D eigenvalue weighted by atomic mass is 32.7. The molecule has 2 saturated heterocycles. The zero-order chi connectivity index (χ0) is 20.7. The first kappa shape index (κ1) is 21.9. The Kier molecular flexibility index (Phi) is 6.38. The molecule has 0 saturated carbocycles. The van der Waals surface area contributed by atoms with E-state index in [0.29, 0.717) is 5.56 Å². The summed E-state index contributed by atoms with van der Waals surface area (Å²) in [6.45, 7) is 1.26. The standard InChI is InChI=1S/C14H21N2O9PS2/c1-8-4-16(14(19)15-13(8)18)12-3-10(17)11(25-12)6-24-26(20)23-5-9(27-26)7-28(2,21)22/h4,9-12,17H,3,5-7H2,1-2H3,(H,15,18,19)/t9?,10-,11+,12+,26?/m0/s1. The zero-order valence-corrected chi connectivity index (χ0v) is 17.7. The number of aliphatic hydroxyl groups excluding tert-OH is 1. The molecule has 11 nitrogen and oxygen atoms in total. The third-order valence-electron chi connectivity index (χ3n) is 4.24. The van der Waals surface area contributed by atoms with E-state index in [4.69, 9.17) is 13.8 Å². The summed E-state index contributed by atoms with van der Waals surface area (Å²) in [4.78, 5) is 38.1. The smallest absolute Gasteiger partial charge is 0.330 e. The van der Waals surface area contributed by atoms with Gasteiger partial charge in [-0.2, -0.15) is 9.05 Å². The van der Waals surface area contributed by atoms with Crippen LogP contribution in [0.4, 0.5) is 0 Å². The number of ether oxygens (including phenoxy) is 1. The molecule has 0 aliphatic carbocycles. The molecule has 5 atom stereocenters. The summed E-state index contributed by atoms with van der Waals surface area (Å²) in [5.41, 5.74) is -0.855. The highest BCUT2D eigenvalue weighted by Gasteiger charge is 2.47. The molecule has 28 heavy (non-hydrogen) atoms. The molecular formula is C14H21N2O9PS2. The first-order valence-corrected chi connectivity index (χ1v) is 13.5. The van der Waals surface area contributed by atoms with Crippen molar-refractivity contribution in [2.24, 2.45) is 0 Å². The van der Waals surface area contributed by atoms with Gasteiger partial charge in [-0.1, -0.05) is 0 Å². The Morgan fingerprint density at radius 3 is 2.89 bits per heavy atom. The molecule has 0 spiro atoms. The lowest BCUT2D eigenvalue weighted by Crippen LogP contribution is -2.33. The minimum Gasteiger partial charge on any atom is -0.622 e. The molecule has 0 aromatic carbocycles. The number of hydrogen-bond donors (Lipinski definition) is 2. The predicted octanol–water partition coefficient (Wildman–Crippen LogP) is -1.28. The van der Waals surface area contributed by atoms with Crippen LogP contribution in [0.2, 0.25) is 0 Å². The molecule has 2 unspecified atom stereocenters. The Morgan fingerprint density at radius 1 is 1.50 bits per heavy atom. The monoisotopic (exact) mass is 456 g/mol. The molecule has 158 valence electrons. The van der Waals surface area contributed by atoms with Crippen LogP contribution in [0, 0.1) is 6.92 Å². The van der Waals surface area contributed by atoms with E-state index >= 15 is 0 Å². The van der Waals surface area contributed by atoms with Gasteiger partial charge in [-0.3, -0.25) is 14.3 Å². The summed E-state index contributed by atoms with van der Waals surface area (Å²) in [6, 6.07) is 0. The number of aromatic amines is 1. The molecule has 2 aliphatic rings. The number of aryl methyl sites for hydroxylation is 1. The molecule has 3 rings (SSSR count). The van der Waals surface area contributed by atoms with Gasteiger partial charge < -0.3 is 14.7 Å². The van der Waals surface area contributed by atoms with Crippen LogP contribution in [0.15, 0.2) is 15.8 Å². The van der Waals surface area contributed by atoms with E-state index in [1.165, 1.54) is 17.7 Å². The van der Waals surface area contributed by atoms with E-state index in [-0.39, 0.29) is 25.4 Å². The summed E-state index contributed by atoms with van der Waals surface area (Å²) in [5, 5.41) is 9.69. The maximum absolute atomic E-state index is 12.6. The molecule has 1 aromatic heterocycles. The van der Waals surface area contributed by atoms with Crippen LogP contribution in [0.25, 0.3) is 0 Å². The quantitative estimate of drug-likeness (QED) is 0.494. The third kappa shape index (κ3) is 5.22. The number of aromatic nitrogens is 2. The molecule has 1 aromatic rings. The first-order valence-electron chi connectivity index (χ1n) is 8.36. The van der Waals surface area contributed by atoms with Gasteiger partial charge in [0.2, 0.25) is 0 Å². The molecule has 14 heteroatoms. The second kappa shape index (κ2) is 8.15. The third-order valence-corrected chi connectivity index (χ3v) is 9.55. The number of sulfone groups is 1. The minimum absolute atomic E-state index is 0.0161. The lowest BCUT2D eigenvalue weighted by Gasteiger charge is -2.22. The number of hydrogen-bond acceptors (Lipinski definition) is 10. The second-order valence-electron chi connectivity index (χ2n) is 6.77. The van der Waals surface area contributed by atoms with Crippen molar-refractivity contribution in [1.29, 1.82) is 0 Å². The lowest BCUT2D eigenvalue weighted by atomic mass is 10.2. The zero-order valence-electron chi connectivity index (χ0n) is 15.1. The van der Waals surface area contributed by atoms with E-state index in [2.05, 4.69) is 4.98 Å². The van der Waals surface area contributed by atoms with Crippen molar-refractivity contribution < 1.29 is 32.2 Å². The van der Waals surface area contributed by atoms with Gasteiger partial charge in [-0.05, 0) is 6.92 Å². The Morgan fingerprint density at radius 2 is 2.21 bits per heavy atom. The van der Waals surface area contributed by atoms with Crippen LogP contribution in [0.3, 0.4) is 0 Å². The van der Waals surface area contributed by atoms with Gasteiger partial charge in [0.1, 0.15) is 35.4 Å². The molecule has 2 N–H and O–H groups in total. The maximum atomic E-state index is 12.6. The molecule has 0 amide bonds. The van der Waals surface area contributed by atoms with Gasteiger partial charge in [-0.25, -0.2) is 13.2 Å². The Bertz CT molecular complexity index is 949. The van der Waals surface area contributed by atoms with E-state index < -0.39 is 51.9 Å². The Hall–Kier alpha value is -0.790. The van der Waals surface area contributed by atoms with Crippen molar-refractivity contribution in [2.75, 3.05) is 25.2 Å². The number of H-pyrrole nitrogens is 1. The van der Waals surface area contributed by atoms with Crippen molar-refractivity contribution in [3.8, 4) is 0 Å². The van der Waals surface area contributed by atoms with E-state index in [0.717, 1.165) is 17.6 Å². The average Bonchev–Trinajstić information content (AvgIpc) is 3.11. The van der Waals surface area contributed by atoms with Gasteiger partial charge in [0.05, 0.1) is 28.5 Å².